The van der Waals surface area contributed by atoms with E-state index in [1.807, 2.05) is 4.90 Å². The van der Waals surface area contributed by atoms with Crippen LogP contribution in [0.4, 0.5) is 0 Å². The fourth-order valence-corrected chi connectivity index (χ4v) is 4.34. The van der Waals surface area contributed by atoms with Crippen molar-refractivity contribution >= 4 is 11.8 Å². The zero-order valence-electron chi connectivity index (χ0n) is 13.4. The lowest BCUT2D eigenvalue weighted by molar-refractivity contribution is -0.148. The first-order valence-corrected chi connectivity index (χ1v) is 8.05. The van der Waals surface area contributed by atoms with E-state index in [-0.39, 0.29) is 29.5 Å². The maximum Gasteiger partial charge on any atom is 0.224 e. The first-order valence-electron chi connectivity index (χ1n) is 8.05. The molecule has 0 radical (unpaired) electrons. The van der Waals surface area contributed by atoms with Gasteiger partial charge < -0.3 is 20.2 Å². The standard InChI is InChI=1S/C15H26N4O3/c1-11(20)16-4-3-14(22)18-6-12-5-13(21)7-19(12)15(10-18)8-17(2)9-15/h12-13,21H,3-10H2,1-2H3,(H,16,20). The van der Waals surface area contributed by atoms with Gasteiger partial charge in [-0.25, -0.2) is 0 Å². The van der Waals surface area contributed by atoms with Crippen molar-refractivity contribution in [2.75, 3.05) is 46.3 Å². The third-order valence-electron chi connectivity index (χ3n) is 5.11. The van der Waals surface area contributed by atoms with Gasteiger partial charge in [-0.05, 0) is 13.5 Å². The first kappa shape index (κ1) is 15.7. The highest BCUT2D eigenvalue weighted by Gasteiger charge is 2.55. The van der Waals surface area contributed by atoms with Crippen LogP contribution in [0.2, 0.25) is 0 Å². The molecule has 0 aromatic heterocycles. The van der Waals surface area contributed by atoms with Crippen molar-refractivity contribution in [1.82, 2.24) is 20.0 Å². The molecule has 124 valence electrons. The largest absolute Gasteiger partial charge is 0.392 e. The average molecular weight is 310 g/mol. The smallest absolute Gasteiger partial charge is 0.224 e. The molecule has 0 saturated carbocycles. The molecule has 0 aliphatic carbocycles. The van der Waals surface area contributed by atoms with Gasteiger partial charge in [-0.15, -0.1) is 0 Å². The molecule has 7 nitrogen and oxygen atoms in total. The number of rotatable bonds is 3. The van der Waals surface area contributed by atoms with Gasteiger partial charge in [0.25, 0.3) is 0 Å². The molecule has 2 atom stereocenters. The van der Waals surface area contributed by atoms with Crippen molar-refractivity contribution in [3.8, 4) is 0 Å². The summed E-state index contributed by atoms with van der Waals surface area (Å²) in [6.07, 6.45) is 0.823. The van der Waals surface area contributed by atoms with Crippen molar-refractivity contribution in [2.45, 2.75) is 37.5 Å². The van der Waals surface area contributed by atoms with Crippen LogP contribution in [-0.2, 0) is 9.59 Å². The second-order valence-corrected chi connectivity index (χ2v) is 7.10. The van der Waals surface area contributed by atoms with Crippen LogP contribution in [0.3, 0.4) is 0 Å². The van der Waals surface area contributed by atoms with E-state index in [0.717, 1.165) is 32.6 Å². The summed E-state index contributed by atoms with van der Waals surface area (Å²) in [4.78, 5) is 30.0. The average Bonchev–Trinajstić information content (AvgIpc) is 2.77. The number of piperazine rings is 1. The maximum absolute atomic E-state index is 12.4. The number of aliphatic hydroxyl groups excluding tert-OH is 1. The van der Waals surface area contributed by atoms with Gasteiger partial charge in [-0.3, -0.25) is 14.5 Å². The lowest BCUT2D eigenvalue weighted by Crippen LogP contribution is -2.77. The molecule has 22 heavy (non-hydrogen) atoms. The molecule has 3 heterocycles. The summed E-state index contributed by atoms with van der Waals surface area (Å²) in [6, 6.07) is 0.266. The molecule has 0 bridgehead atoms. The summed E-state index contributed by atoms with van der Waals surface area (Å²) < 4.78 is 0. The van der Waals surface area contributed by atoms with Crippen LogP contribution in [0.25, 0.3) is 0 Å². The number of amides is 2. The molecule has 0 aromatic carbocycles. The number of nitrogens with one attached hydrogen (secondary N) is 1. The van der Waals surface area contributed by atoms with Crippen molar-refractivity contribution in [1.29, 1.82) is 0 Å². The fourth-order valence-electron chi connectivity index (χ4n) is 4.34. The van der Waals surface area contributed by atoms with Crippen LogP contribution in [0.1, 0.15) is 19.8 Å². The molecule has 3 saturated heterocycles. The Labute approximate surface area is 131 Å². The van der Waals surface area contributed by atoms with E-state index in [9.17, 15) is 14.7 Å². The quantitative estimate of drug-likeness (QED) is 0.662. The monoisotopic (exact) mass is 310 g/mol. The van der Waals surface area contributed by atoms with E-state index < -0.39 is 0 Å². The number of β-amino-alcohol motifs (C(OH)–C–C–N with tert-alkyl or cyclic N) is 1. The molecule has 2 unspecified atom stereocenters. The Bertz CT molecular complexity index is 464. The van der Waals surface area contributed by atoms with Crippen LogP contribution in [0.5, 0.6) is 0 Å². The summed E-state index contributed by atoms with van der Waals surface area (Å²) in [7, 11) is 2.09. The minimum absolute atomic E-state index is 0.0127. The summed E-state index contributed by atoms with van der Waals surface area (Å²) in [5, 5.41) is 12.7. The minimum atomic E-state index is -0.276. The van der Waals surface area contributed by atoms with Gasteiger partial charge in [0.1, 0.15) is 0 Å². The Balaban J connectivity index is 1.64. The minimum Gasteiger partial charge on any atom is -0.392 e. The molecule has 2 N–H and O–H groups in total. The number of carbonyl (C=O) groups is 2. The van der Waals surface area contributed by atoms with Crippen LogP contribution < -0.4 is 5.32 Å². The molecule has 1 spiro atoms. The molecular formula is C15H26N4O3. The van der Waals surface area contributed by atoms with Gasteiger partial charge in [0.2, 0.25) is 11.8 Å². The Morgan fingerprint density at radius 2 is 2.00 bits per heavy atom. The lowest BCUT2D eigenvalue weighted by Gasteiger charge is -2.60. The third kappa shape index (κ3) is 2.85. The molecule has 7 heteroatoms. The lowest BCUT2D eigenvalue weighted by atomic mass is 9.84. The molecular weight excluding hydrogens is 284 g/mol. The third-order valence-corrected chi connectivity index (χ3v) is 5.11. The normalized spacial score (nSPS) is 31.0. The predicted octanol–water partition coefficient (Wildman–Crippen LogP) is -1.53. The topological polar surface area (TPSA) is 76.1 Å². The number of hydrogen-bond donors (Lipinski definition) is 2. The SMILES string of the molecule is CC(=O)NCCC(=O)N1CC2CC(O)CN2C2(CN(C)C2)C1. The van der Waals surface area contributed by atoms with E-state index >= 15 is 0 Å². The maximum atomic E-state index is 12.4. The second kappa shape index (κ2) is 5.79. The van der Waals surface area contributed by atoms with Crippen LogP contribution in [0, 0.1) is 0 Å². The summed E-state index contributed by atoms with van der Waals surface area (Å²) in [5.41, 5.74) is 0.0127. The number of carbonyl (C=O) groups excluding carboxylic acids is 2. The molecule has 2 amide bonds. The van der Waals surface area contributed by atoms with Gasteiger partial charge in [-0.2, -0.15) is 0 Å². The van der Waals surface area contributed by atoms with Gasteiger partial charge in [0.15, 0.2) is 0 Å². The molecule has 3 aliphatic rings. The number of aliphatic hydroxyl groups is 1. The Morgan fingerprint density at radius 3 is 2.64 bits per heavy atom. The molecule has 3 aliphatic heterocycles. The van der Waals surface area contributed by atoms with Crippen molar-refractivity contribution in [3.63, 3.8) is 0 Å². The molecule has 0 aromatic rings. The van der Waals surface area contributed by atoms with Crippen molar-refractivity contribution in [3.05, 3.63) is 0 Å². The number of fused-ring (bicyclic) bond motifs is 2. The van der Waals surface area contributed by atoms with Gasteiger partial charge >= 0.3 is 0 Å². The van der Waals surface area contributed by atoms with E-state index in [1.165, 1.54) is 6.92 Å². The van der Waals surface area contributed by atoms with E-state index in [2.05, 4.69) is 22.2 Å². The summed E-state index contributed by atoms with van der Waals surface area (Å²) in [5.74, 6) is -0.00246. The van der Waals surface area contributed by atoms with Gasteiger partial charge in [0.05, 0.1) is 11.6 Å². The number of hydrogen-bond acceptors (Lipinski definition) is 5. The second-order valence-electron chi connectivity index (χ2n) is 7.10. The highest BCUT2D eigenvalue weighted by Crippen LogP contribution is 2.38. The van der Waals surface area contributed by atoms with E-state index in [0.29, 0.717) is 19.5 Å². The van der Waals surface area contributed by atoms with Crippen LogP contribution in [0.15, 0.2) is 0 Å². The number of likely N-dealkylation sites (tertiary alicyclic amines) is 1. The number of nitrogens with zero attached hydrogens (tertiary/aromatic N) is 3. The highest BCUT2D eigenvalue weighted by molar-refractivity contribution is 5.78. The Kier molecular flexibility index (Phi) is 4.13. The van der Waals surface area contributed by atoms with Gasteiger partial charge in [0, 0.05) is 58.7 Å². The Hall–Kier alpha value is -1.18. The zero-order valence-corrected chi connectivity index (χ0v) is 13.4. The Morgan fingerprint density at radius 1 is 1.27 bits per heavy atom. The van der Waals surface area contributed by atoms with Crippen LogP contribution >= 0.6 is 0 Å². The van der Waals surface area contributed by atoms with Crippen molar-refractivity contribution in [2.24, 2.45) is 0 Å². The summed E-state index contributed by atoms with van der Waals surface area (Å²) >= 11 is 0. The highest BCUT2D eigenvalue weighted by atomic mass is 16.3. The van der Waals surface area contributed by atoms with Crippen LogP contribution in [-0.4, -0.2) is 95.6 Å². The first-order chi connectivity index (χ1) is 10.4. The number of likely N-dealkylation sites (N-methyl/N-ethyl adjacent to an activating group) is 1. The van der Waals surface area contributed by atoms with Gasteiger partial charge in [-0.1, -0.05) is 0 Å². The van der Waals surface area contributed by atoms with E-state index in [4.69, 9.17) is 0 Å². The zero-order chi connectivity index (χ0) is 15.9. The van der Waals surface area contributed by atoms with E-state index in [1.54, 1.807) is 0 Å². The molecule has 3 fully saturated rings. The molecule has 3 rings (SSSR count). The van der Waals surface area contributed by atoms with Crippen molar-refractivity contribution < 1.29 is 14.7 Å². The predicted molar refractivity (Wildman–Crippen MR) is 81.2 cm³/mol. The fraction of sp³-hybridized carbons (Fsp3) is 0.867. The summed E-state index contributed by atoms with van der Waals surface area (Å²) in [6.45, 7) is 5.92.